The quantitative estimate of drug-likeness (QED) is 0.161. The summed E-state index contributed by atoms with van der Waals surface area (Å²) in [5.41, 5.74) is 13.2. The lowest BCUT2D eigenvalue weighted by molar-refractivity contribution is 0.953. The van der Waals surface area contributed by atoms with Crippen molar-refractivity contribution in [3.05, 3.63) is 218 Å². The standard InChI is InChI=1S/C57H36N4S/c1-3-12-37(13-4-1)39-22-26-41(27-23-39)55-58-56(42-28-24-40(25-29-42)38-14-5-2-6-15-38)60-57(59-55)61-51-20-9-7-18-47(51)49-35-45(30-32-52(49)61)43-16-11-17-44(34-43)46-31-33-54-50(36-46)48-19-8-10-21-53(48)62-54/h1-36H. The molecule has 62 heavy (non-hydrogen) atoms. The van der Waals surface area contributed by atoms with Crippen molar-refractivity contribution in [1.29, 1.82) is 0 Å². The Morgan fingerprint density at radius 1 is 0.274 bits per heavy atom. The summed E-state index contributed by atoms with van der Waals surface area (Å²) in [6.07, 6.45) is 0. The normalized spacial score (nSPS) is 11.5. The third-order valence-corrected chi connectivity index (χ3v) is 13.1. The summed E-state index contributed by atoms with van der Waals surface area (Å²) in [4.78, 5) is 15.6. The Hall–Kier alpha value is -7.99. The highest BCUT2D eigenvalue weighted by Crippen LogP contribution is 2.39. The second-order valence-corrected chi connectivity index (χ2v) is 16.7. The summed E-state index contributed by atoms with van der Waals surface area (Å²) in [6.45, 7) is 0. The lowest BCUT2D eigenvalue weighted by Crippen LogP contribution is -2.06. The number of hydrogen-bond acceptors (Lipinski definition) is 4. The summed E-state index contributed by atoms with van der Waals surface area (Å²) in [7, 11) is 0. The highest BCUT2D eigenvalue weighted by atomic mass is 32.1. The fourth-order valence-corrected chi connectivity index (χ4v) is 9.85. The number of aromatic nitrogens is 4. The molecule has 290 valence electrons. The molecule has 0 saturated heterocycles. The van der Waals surface area contributed by atoms with Crippen LogP contribution in [0, 0.1) is 0 Å². The van der Waals surface area contributed by atoms with E-state index in [0.29, 0.717) is 17.6 Å². The number of hydrogen-bond donors (Lipinski definition) is 0. The maximum atomic E-state index is 5.24. The predicted octanol–water partition coefficient (Wildman–Crippen LogP) is 15.3. The molecule has 0 aliphatic rings. The van der Waals surface area contributed by atoms with Crippen molar-refractivity contribution in [2.75, 3.05) is 0 Å². The van der Waals surface area contributed by atoms with E-state index in [4.69, 9.17) is 15.0 Å². The van der Waals surface area contributed by atoms with Crippen LogP contribution in [0.1, 0.15) is 0 Å². The van der Waals surface area contributed by atoms with E-state index in [1.165, 1.54) is 48.0 Å². The Morgan fingerprint density at radius 3 is 1.35 bits per heavy atom. The highest BCUT2D eigenvalue weighted by Gasteiger charge is 2.19. The van der Waals surface area contributed by atoms with Crippen LogP contribution >= 0.6 is 11.3 Å². The van der Waals surface area contributed by atoms with E-state index in [0.717, 1.165) is 49.6 Å². The number of nitrogens with zero attached hydrogens (tertiary/aromatic N) is 4. The average Bonchev–Trinajstić information content (AvgIpc) is 3.90. The van der Waals surface area contributed by atoms with Gasteiger partial charge in [-0.2, -0.15) is 9.97 Å². The lowest BCUT2D eigenvalue weighted by Gasteiger charge is -2.12. The predicted molar refractivity (Wildman–Crippen MR) is 260 cm³/mol. The summed E-state index contributed by atoms with van der Waals surface area (Å²) in [6, 6.07) is 77.6. The summed E-state index contributed by atoms with van der Waals surface area (Å²) in [5, 5.41) is 4.89. The molecule has 3 heterocycles. The minimum Gasteiger partial charge on any atom is -0.278 e. The first-order valence-electron chi connectivity index (χ1n) is 20.8. The number of benzene rings is 9. The van der Waals surface area contributed by atoms with E-state index in [9.17, 15) is 0 Å². The van der Waals surface area contributed by atoms with Crippen LogP contribution in [0.4, 0.5) is 0 Å². The van der Waals surface area contributed by atoms with E-state index in [-0.39, 0.29) is 0 Å². The molecule has 12 rings (SSSR count). The van der Waals surface area contributed by atoms with E-state index in [2.05, 4.69) is 211 Å². The molecule has 0 radical (unpaired) electrons. The van der Waals surface area contributed by atoms with Crippen molar-refractivity contribution in [1.82, 2.24) is 19.5 Å². The second kappa shape index (κ2) is 14.9. The molecule has 3 aromatic heterocycles. The summed E-state index contributed by atoms with van der Waals surface area (Å²) >= 11 is 1.85. The van der Waals surface area contributed by atoms with Crippen LogP contribution in [0.15, 0.2) is 218 Å². The molecule has 0 atom stereocenters. The third-order valence-electron chi connectivity index (χ3n) is 11.9. The van der Waals surface area contributed by atoms with Gasteiger partial charge < -0.3 is 0 Å². The van der Waals surface area contributed by atoms with Gasteiger partial charge in [0.15, 0.2) is 11.6 Å². The zero-order valence-corrected chi connectivity index (χ0v) is 34.3. The van der Waals surface area contributed by atoms with Crippen LogP contribution in [-0.4, -0.2) is 19.5 Å². The van der Waals surface area contributed by atoms with Crippen LogP contribution in [0.3, 0.4) is 0 Å². The van der Waals surface area contributed by atoms with Crippen LogP contribution in [0.5, 0.6) is 0 Å². The fraction of sp³-hybridized carbons (Fsp3) is 0. The number of para-hydroxylation sites is 1. The first-order valence-corrected chi connectivity index (χ1v) is 21.7. The Balaban J connectivity index is 0.980. The van der Waals surface area contributed by atoms with Crippen LogP contribution in [0.25, 0.3) is 115 Å². The monoisotopic (exact) mass is 808 g/mol. The van der Waals surface area contributed by atoms with E-state index < -0.39 is 0 Å². The van der Waals surface area contributed by atoms with Gasteiger partial charge in [-0.1, -0.05) is 176 Å². The minimum absolute atomic E-state index is 0.571. The van der Waals surface area contributed by atoms with E-state index in [1.54, 1.807) is 0 Å². The van der Waals surface area contributed by atoms with Gasteiger partial charge in [0, 0.05) is 42.1 Å². The Kier molecular flexibility index (Phi) is 8.65. The molecule has 0 aliphatic carbocycles. The molecule has 4 nitrogen and oxygen atoms in total. The zero-order valence-electron chi connectivity index (χ0n) is 33.5. The molecule has 0 N–H and O–H groups in total. The fourth-order valence-electron chi connectivity index (χ4n) is 8.76. The summed E-state index contributed by atoms with van der Waals surface area (Å²) in [5.74, 6) is 1.80. The maximum absolute atomic E-state index is 5.24. The molecule has 0 unspecified atom stereocenters. The second-order valence-electron chi connectivity index (χ2n) is 15.6. The summed E-state index contributed by atoms with van der Waals surface area (Å²) < 4.78 is 4.82. The van der Waals surface area contributed by atoms with Gasteiger partial charge in [-0.15, -0.1) is 11.3 Å². The molecule has 5 heteroatoms. The van der Waals surface area contributed by atoms with Crippen molar-refractivity contribution in [2.24, 2.45) is 0 Å². The average molecular weight is 809 g/mol. The molecular formula is C57H36N4S. The van der Waals surface area contributed by atoms with Gasteiger partial charge in [0.2, 0.25) is 5.95 Å². The first kappa shape index (κ1) is 35.9. The van der Waals surface area contributed by atoms with E-state index >= 15 is 0 Å². The molecule has 0 spiro atoms. The third kappa shape index (κ3) is 6.35. The van der Waals surface area contributed by atoms with Gasteiger partial charge in [-0.3, -0.25) is 4.57 Å². The Labute approximate surface area is 362 Å². The van der Waals surface area contributed by atoms with Gasteiger partial charge in [0.05, 0.1) is 11.0 Å². The smallest absolute Gasteiger partial charge is 0.238 e. The number of thiophene rings is 1. The van der Waals surface area contributed by atoms with Crippen molar-refractivity contribution in [3.8, 4) is 73.2 Å². The van der Waals surface area contributed by atoms with Crippen molar-refractivity contribution in [2.45, 2.75) is 0 Å². The lowest BCUT2D eigenvalue weighted by atomic mass is 9.97. The SMILES string of the molecule is c1ccc(-c2ccc(-c3nc(-c4ccc(-c5ccccc5)cc4)nc(-n4c5ccccc5c5cc(-c6cccc(-c7ccc8sc9ccccc9c8c7)c6)ccc54)n3)cc2)cc1. The Bertz CT molecular complexity index is 3510. The zero-order chi connectivity index (χ0) is 41.0. The van der Waals surface area contributed by atoms with Crippen molar-refractivity contribution < 1.29 is 0 Å². The van der Waals surface area contributed by atoms with Crippen molar-refractivity contribution in [3.63, 3.8) is 0 Å². The van der Waals surface area contributed by atoms with Crippen LogP contribution in [-0.2, 0) is 0 Å². The van der Waals surface area contributed by atoms with Crippen LogP contribution in [0.2, 0.25) is 0 Å². The molecule has 0 fully saturated rings. The molecule has 0 aliphatic heterocycles. The topological polar surface area (TPSA) is 43.6 Å². The molecule has 9 aromatic carbocycles. The Morgan fingerprint density at radius 2 is 0.710 bits per heavy atom. The number of rotatable bonds is 7. The molecule has 12 aromatic rings. The maximum Gasteiger partial charge on any atom is 0.238 e. The van der Waals surface area contributed by atoms with E-state index in [1.807, 2.05) is 23.5 Å². The number of fused-ring (bicyclic) bond motifs is 6. The van der Waals surface area contributed by atoms with Gasteiger partial charge in [0.1, 0.15) is 0 Å². The highest BCUT2D eigenvalue weighted by molar-refractivity contribution is 7.25. The van der Waals surface area contributed by atoms with Crippen LogP contribution < -0.4 is 0 Å². The molecule has 0 saturated carbocycles. The first-order chi connectivity index (χ1) is 30.7. The van der Waals surface area contributed by atoms with Gasteiger partial charge >= 0.3 is 0 Å². The van der Waals surface area contributed by atoms with Gasteiger partial charge in [0.25, 0.3) is 0 Å². The largest absolute Gasteiger partial charge is 0.278 e. The molecular weight excluding hydrogens is 773 g/mol. The van der Waals surface area contributed by atoms with Gasteiger partial charge in [-0.05, 0) is 87.0 Å². The molecule has 0 bridgehead atoms. The van der Waals surface area contributed by atoms with Crippen molar-refractivity contribution >= 4 is 53.3 Å². The molecule has 0 amide bonds. The minimum atomic E-state index is 0.571. The van der Waals surface area contributed by atoms with Gasteiger partial charge in [-0.25, -0.2) is 4.98 Å².